The van der Waals surface area contributed by atoms with Gasteiger partial charge in [-0.2, -0.15) is 13.2 Å². The van der Waals surface area contributed by atoms with Gasteiger partial charge in [-0.25, -0.2) is 9.78 Å². The number of hydrogen-bond donors (Lipinski definition) is 1. The molecule has 2 heterocycles. The van der Waals surface area contributed by atoms with E-state index in [2.05, 4.69) is 20.9 Å². The molecule has 0 aliphatic carbocycles. The van der Waals surface area contributed by atoms with Gasteiger partial charge in [0.25, 0.3) is 0 Å². The number of carbonyl (C=O) groups is 1. The first kappa shape index (κ1) is 23.6. The topological polar surface area (TPSA) is 64.3 Å². The van der Waals surface area contributed by atoms with E-state index in [9.17, 15) is 23.1 Å². The number of carboxylic acids is 1. The van der Waals surface area contributed by atoms with Gasteiger partial charge in [-0.15, -0.1) is 0 Å². The van der Waals surface area contributed by atoms with E-state index in [1.165, 1.54) is 18.2 Å². The molecular weight excluding hydrogens is 513 g/mol. The van der Waals surface area contributed by atoms with Crippen molar-refractivity contribution in [3.63, 3.8) is 0 Å². The lowest BCUT2D eigenvalue weighted by Crippen LogP contribution is -2.09. The van der Waals surface area contributed by atoms with Gasteiger partial charge in [-0.1, -0.05) is 34.1 Å². The van der Waals surface area contributed by atoms with Crippen LogP contribution < -0.4 is 4.74 Å². The maximum atomic E-state index is 13.5. The second kappa shape index (κ2) is 9.34. The van der Waals surface area contributed by atoms with Crippen LogP contribution in [0.25, 0.3) is 17.1 Å². The Morgan fingerprint density at radius 2 is 1.79 bits per heavy atom. The zero-order valence-corrected chi connectivity index (χ0v) is 19.4. The molecule has 0 fully saturated rings. The fourth-order valence-electron chi connectivity index (χ4n) is 3.49. The average Bonchev–Trinajstić information content (AvgIpc) is 3.19. The molecule has 0 saturated heterocycles. The van der Waals surface area contributed by atoms with Crippen LogP contribution in [0.3, 0.4) is 0 Å². The number of ether oxygens (including phenoxy) is 1. The number of carboxylic acid groups (broad SMARTS) is 1. The van der Waals surface area contributed by atoms with E-state index in [0.717, 1.165) is 22.2 Å². The summed E-state index contributed by atoms with van der Waals surface area (Å²) in [4.78, 5) is 15.6. The maximum Gasteiger partial charge on any atom is 0.416 e. The van der Waals surface area contributed by atoms with E-state index in [-0.39, 0.29) is 29.4 Å². The van der Waals surface area contributed by atoms with Crippen LogP contribution in [0.1, 0.15) is 27.3 Å². The molecule has 0 aliphatic heterocycles. The molecule has 0 aliphatic rings. The van der Waals surface area contributed by atoms with Gasteiger partial charge >= 0.3 is 12.1 Å². The lowest BCUT2D eigenvalue weighted by Gasteiger charge is -2.17. The van der Waals surface area contributed by atoms with E-state index in [4.69, 9.17) is 4.74 Å². The molecule has 0 unspecified atom stereocenters. The van der Waals surface area contributed by atoms with Gasteiger partial charge in [0.05, 0.1) is 11.3 Å². The number of nitrogens with zero attached hydrogens (tertiary/aromatic N) is 2. The summed E-state index contributed by atoms with van der Waals surface area (Å²) in [7, 11) is 0. The molecule has 4 rings (SSSR count). The Labute approximate surface area is 201 Å². The summed E-state index contributed by atoms with van der Waals surface area (Å²) >= 11 is 3.36. The van der Waals surface area contributed by atoms with E-state index >= 15 is 0 Å². The lowest BCUT2D eigenvalue weighted by molar-refractivity contribution is -0.137. The minimum Gasteiger partial charge on any atom is -0.488 e. The van der Waals surface area contributed by atoms with Crippen LogP contribution in [0.4, 0.5) is 13.2 Å². The van der Waals surface area contributed by atoms with Crippen molar-refractivity contribution < 1.29 is 27.8 Å². The highest BCUT2D eigenvalue weighted by Gasteiger charge is 2.32. The zero-order chi connectivity index (χ0) is 24.5. The van der Waals surface area contributed by atoms with Crippen molar-refractivity contribution in [3.05, 3.63) is 99.8 Å². The molecule has 0 atom stereocenters. The molecule has 0 spiro atoms. The normalized spacial score (nSPS) is 11.4. The van der Waals surface area contributed by atoms with Crippen molar-refractivity contribution in [1.82, 2.24) is 9.55 Å². The van der Waals surface area contributed by atoms with Crippen molar-refractivity contribution in [2.75, 3.05) is 0 Å². The predicted octanol–water partition coefficient (Wildman–Crippen LogP) is 6.91. The Morgan fingerprint density at radius 1 is 1.06 bits per heavy atom. The van der Waals surface area contributed by atoms with Crippen molar-refractivity contribution in [1.29, 1.82) is 0 Å². The number of alkyl halides is 3. The summed E-state index contributed by atoms with van der Waals surface area (Å²) in [5.41, 5.74) is 1.12. The first-order valence-corrected chi connectivity index (χ1v) is 10.9. The number of benzene rings is 2. The van der Waals surface area contributed by atoms with Gasteiger partial charge in [-0.3, -0.25) is 4.57 Å². The molecule has 9 heteroatoms. The van der Waals surface area contributed by atoms with Crippen LogP contribution in [0.15, 0.2) is 77.3 Å². The molecule has 34 heavy (non-hydrogen) atoms. The second-order valence-electron chi connectivity index (χ2n) is 7.51. The van der Waals surface area contributed by atoms with Crippen molar-refractivity contribution >= 4 is 21.9 Å². The van der Waals surface area contributed by atoms with Crippen molar-refractivity contribution in [2.24, 2.45) is 0 Å². The molecular formula is C25H18BrF3N2O3. The number of aromatic nitrogens is 2. The maximum absolute atomic E-state index is 13.5. The Kier molecular flexibility index (Phi) is 6.47. The molecule has 0 saturated carbocycles. The Morgan fingerprint density at radius 3 is 2.47 bits per heavy atom. The standard InChI is InChI=1S/C25H18BrF3N2O3/c1-15-5-11-21(31(15)23-4-2-3-20(30-23)24(32)33)19-13-17(25(27,28)29)8-12-22(19)34-14-16-6-9-18(26)10-7-16/h2-13H,14H2,1H3,(H,32,33). The van der Waals surface area contributed by atoms with Crippen LogP contribution in [0, 0.1) is 6.92 Å². The minimum absolute atomic E-state index is 0.151. The SMILES string of the molecule is Cc1ccc(-c2cc(C(F)(F)F)ccc2OCc2ccc(Br)cc2)n1-c1cccc(C(=O)O)n1. The number of pyridine rings is 1. The molecule has 5 nitrogen and oxygen atoms in total. The number of halogens is 4. The summed E-state index contributed by atoms with van der Waals surface area (Å²) in [5, 5.41) is 9.31. The quantitative estimate of drug-likeness (QED) is 0.294. The van der Waals surface area contributed by atoms with Crippen molar-refractivity contribution in [3.8, 4) is 22.8 Å². The molecule has 2 aromatic carbocycles. The van der Waals surface area contributed by atoms with E-state index in [1.807, 2.05) is 24.3 Å². The van der Waals surface area contributed by atoms with Crippen LogP contribution in [-0.2, 0) is 12.8 Å². The number of aromatic carboxylic acids is 1. The van der Waals surface area contributed by atoms with Gasteiger partial charge in [0.2, 0.25) is 0 Å². The Bertz CT molecular complexity index is 1350. The van der Waals surface area contributed by atoms with Gasteiger partial charge in [0, 0.05) is 15.7 Å². The molecule has 0 bridgehead atoms. The van der Waals surface area contributed by atoms with Crippen LogP contribution >= 0.6 is 15.9 Å². The van der Waals surface area contributed by atoms with Gasteiger partial charge in [-0.05, 0) is 67.1 Å². The third-order valence-corrected chi connectivity index (χ3v) is 5.68. The van der Waals surface area contributed by atoms with Crippen LogP contribution in [-0.4, -0.2) is 20.6 Å². The summed E-state index contributed by atoms with van der Waals surface area (Å²) in [6.45, 7) is 1.91. The summed E-state index contributed by atoms with van der Waals surface area (Å²) in [5.74, 6) is -0.677. The predicted molar refractivity (Wildman–Crippen MR) is 124 cm³/mol. The largest absolute Gasteiger partial charge is 0.488 e. The Balaban J connectivity index is 1.82. The zero-order valence-electron chi connectivity index (χ0n) is 17.8. The van der Waals surface area contributed by atoms with E-state index in [0.29, 0.717) is 11.4 Å². The van der Waals surface area contributed by atoms with Crippen LogP contribution in [0.2, 0.25) is 0 Å². The number of rotatable bonds is 6. The Hall–Kier alpha value is -3.59. The van der Waals surface area contributed by atoms with Crippen LogP contribution in [0.5, 0.6) is 5.75 Å². The lowest BCUT2D eigenvalue weighted by atomic mass is 10.1. The third kappa shape index (κ3) is 4.99. The second-order valence-corrected chi connectivity index (χ2v) is 8.42. The fraction of sp³-hybridized carbons (Fsp3) is 0.120. The van der Waals surface area contributed by atoms with E-state index < -0.39 is 17.7 Å². The van der Waals surface area contributed by atoms with Gasteiger partial charge < -0.3 is 9.84 Å². The number of aryl methyl sites for hydroxylation is 1. The summed E-state index contributed by atoms with van der Waals surface area (Å²) < 4.78 is 49.1. The fourth-order valence-corrected chi connectivity index (χ4v) is 3.76. The first-order chi connectivity index (χ1) is 16.1. The molecule has 0 amide bonds. The highest BCUT2D eigenvalue weighted by molar-refractivity contribution is 9.10. The van der Waals surface area contributed by atoms with Gasteiger partial charge in [0.15, 0.2) is 5.69 Å². The monoisotopic (exact) mass is 530 g/mol. The molecule has 2 aromatic heterocycles. The highest BCUT2D eigenvalue weighted by atomic mass is 79.9. The molecule has 174 valence electrons. The van der Waals surface area contributed by atoms with Crippen molar-refractivity contribution in [2.45, 2.75) is 19.7 Å². The first-order valence-electron chi connectivity index (χ1n) is 10.1. The summed E-state index contributed by atoms with van der Waals surface area (Å²) in [6.07, 6.45) is -4.55. The average molecular weight is 531 g/mol. The smallest absolute Gasteiger partial charge is 0.416 e. The molecule has 4 aromatic rings. The molecule has 1 N–H and O–H groups in total. The molecule has 0 radical (unpaired) electrons. The minimum atomic E-state index is -4.55. The third-order valence-electron chi connectivity index (χ3n) is 5.15. The van der Waals surface area contributed by atoms with E-state index in [1.54, 1.807) is 29.7 Å². The number of hydrogen-bond acceptors (Lipinski definition) is 3. The van der Waals surface area contributed by atoms with Gasteiger partial charge in [0.1, 0.15) is 18.2 Å². The highest BCUT2D eigenvalue weighted by Crippen LogP contribution is 2.39. The summed E-state index contributed by atoms with van der Waals surface area (Å²) in [6, 6.07) is 18.6.